The third-order valence-electron chi connectivity index (χ3n) is 1.30. The molecule has 0 radical (unpaired) electrons. The fourth-order valence-corrected chi connectivity index (χ4v) is 0.582. The standard InChI is InChI=1S/C4H5N/c1-3-4-2-5(3)4/h4H,1-2H2. The Hall–Kier alpha value is -0.460. The summed E-state index contributed by atoms with van der Waals surface area (Å²) in [5.74, 6) is 0. The van der Waals surface area contributed by atoms with Crippen LogP contribution in [0.4, 0.5) is 0 Å². The predicted molar refractivity (Wildman–Crippen MR) is 19.6 cm³/mol. The zero-order valence-electron chi connectivity index (χ0n) is 2.94. The maximum absolute atomic E-state index is 3.72. The van der Waals surface area contributed by atoms with Gasteiger partial charge < -0.3 is 4.90 Å². The molecule has 2 aliphatic rings. The molecule has 0 N–H and O–H groups in total. The highest BCUT2D eigenvalue weighted by Crippen LogP contribution is 2.45. The third-order valence-corrected chi connectivity index (χ3v) is 1.30. The van der Waals surface area contributed by atoms with Gasteiger partial charge in [0, 0.05) is 12.2 Å². The molecule has 2 fully saturated rings. The van der Waals surface area contributed by atoms with Crippen LogP contribution in [0.2, 0.25) is 0 Å². The Morgan fingerprint density at radius 1 is 2.00 bits per heavy atom. The topological polar surface area (TPSA) is 3.01 Å². The molecule has 0 aromatic rings. The van der Waals surface area contributed by atoms with Gasteiger partial charge in [-0.3, -0.25) is 0 Å². The van der Waals surface area contributed by atoms with E-state index in [0.29, 0.717) is 0 Å². The van der Waals surface area contributed by atoms with Crippen molar-refractivity contribution < 1.29 is 0 Å². The summed E-state index contributed by atoms with van der Waals surface area (Å²) in [4.78, 5) is 2.26. The second-order valence-electron chi connectivity index (χ2n) is 1.66. The van der Waals surface area contributed by atoms with Gasteiger partial charge in [0.2, 0.25) is 0 Å². The first-order chi connectivity index (χ1) is 2.39. The van der Waals surface area contributed by atoms with Crippen molar-refractivity contribution in [3.63, 3.8) is 0 Å². The molecule has 26 valence electrons. The quantitative estimate of drug-likeness (QED) is 0.366. The Balaban J connectivity index is 2.46. The Morgan fingerprint density at radius 2 is 2.40 bits per heavy atom. The molecule has 0 bridgehead atoms. The van der Waals surface area contributed by atoms with E-state index < -0.39 is 0 Å². The monoisotopic (exact) mass is 67.0 g/mol. The molecular weight excluding hydrogens is 62.1 g/mol. The van der Waals surface area contributed by atoms with Crippen LogP contribution in [0.5, 0.6) is 0 Å². The van der Waals surface area contributed by atoms with E-state index in [1.54, 1.807) is 0 Å². The fourth-order valence-electron chi connectivity index (χ4n) is 0.582. The van der Waals surface area contributed by atoms with Gasteiger partial charge in [-0.15, -0.1) is 0 Å². The second-order valence-corrected chi connectivity index (χ2v) is 1.66. The molecule has 1 atom stereocenters. The van der Waals surface area contributed by atoms with Crippen LogP contribution in [0.3, 0.4) is 0 Å². The summed E-state index contributed by atoms with van der Waals surface area (Å²) in [6.07, 6.45) is 0. The molecule has 2 saturated heterocycles. The van der Waals surface area contributed by atoms with Crippen LogP contribution >= 0.6 is 0 Å². The minimum Gasteiger partial charge on any atom is -0.361 e. The largest absolute Gasteiger partial charge is 0.361 e. The molecule has 2 heterocycles. The molecule has 0 amide bonds. The third kappa shape index (κ3) is 0.0630. The van der Waals surface area contributed by atoms with Crippen molar-refractivity contribution in [2.24, 2.45) is 0 Å². The predicted octanol–water partition coefficient (Wildman–Crippen LogP) is 0.198. The highest BCUT2D eigenvalue weighted by molar-refractivity contribution is 5.37. The van der Waals surface area contributed by atoms with E-state index in [2.05, 4.69) is 11.5 Å². The highest BCUT2D eigenvalue weighted by Gasteiger charge is 2.54. The average molecular weight is 67.1 g/mol. The Bertz CT molecular complexity index is 85.8. The van der Waals surface area contributed by atoms with E-state index in [4.69, 9.17) is 0 Å². The highest BCUT2D eigenvalue weighted by atomic mass is 15.5. The average Bonchev–Trinajstić information content (AvgIpc) is 2.11. The van der Waals surface area contributed by atoms with Crippen LogP contribution in [0, 0.1) is 0 Å². The van der Waals surface area contributed by atoms with Gasteiger partial charge >= 0.3 is 0 Å². The Labute approximate surface area is 30.9 Å². The molecule has 0 spiro atoms. The van der Waals surface area contributed by atoms with Crippen molar-refractivity contribution in [2.75, 3.05) is 6.54 Å². The zero-order chi connectivity index (χ0) is 3.44. The molecule has 1 unspecified atom stereocenters. The summed E-state index contributed by atoms with van der Waals surface area (Å²) in [6, 6.07) is 0.856. The summed E-state index contributed by atoms with van der Waals surface area (Å²) < 4.78 is 0. The van der Waals surface area contributed by atoms with Crippen LogP contribution in [0.25, 0.3) is 0 Å². The Morgan fingerprint density at radius 3 is 2.40 bits per heavy atom. The van der Waals surface area contributed by atoms with E-state index in [-0.39, 0.29) is 0 Å². The smallest absolute Gasteiger partial charge is 0.0857 e. The van der Waals surface area contributed by atoms with E-state index in [1.165, 1.54) is 12.2 Å². The fraction of sp³-hybridized carbons (Fsp3) is 0.500. The molecule has 0 aromatic carbocycles. The summed E-state index contributed by atoms with van der Waals surface area (Å²) in [5.41, 5.74) is 1.35. The molecule has 1 nitrogen and oxygen atoms in total. The summed E-state index contributed by atoms with van der Waals surface area (Å²) >= 11 is 0. The number of nitrogens with zero attached hydrogens (tertiary/aromatic N) is 1. The minimum absolute atomic E-state index is 0.856. The zero-order valence-corrected chi connectivity index (χ0v) is 2.94. The van der Waals surface area contributed by atoms with E-state index in [0.717, 1.165) is 6.04 Å². The van der Waals surface area contributed by atoms with Gasteiger partial charge in [-0.1, -0.05) is 6.58 Å². The molecule has 1 heteroatoms. The van der Waals surface area contributed by atoms with Crippen molar-refractivity contribution in [3.05, 3.63) is 12.3 Å². The van der Waals surface area contributed by atoms with Crippen molar-refractivity contribution in [3.8, 4) is 0 Å². The first-order valence-corrected chi connectivity index (χ1v) is 1.85. The number of rotatable bonds is 0. The minimum atomic E-state index is 0.856. The lowest BCUT2D eigenvalue weighted by Gasteiger charge is -1.73. The van der Waals surface area contributed by atoms with Gasteiger partial charge in [-0.05, 0) is 0 Å². The van der Waals surface area contributed by atoms with Crippen LogP contribution < -0.4 is 0 Å². The normalized spacial score (nSPS) is 41.2. The molecule has 2 rings (SSSR count). The molecule has 0 aliphatic carbocycles. The van der Waals surface area contributed by atoms with E-state index in [9.17, 15) is 0 Å². The van der Waals surface area contributed by atoms with Crippen LogP contribution in [0.1, 0.15) is 0 Å². The van der Waals surface area contributed by atoms with Crippen molar-refractivity contribution >= 4 is 0 Å². The van der Waals surface area contributed by atoms with Gasteiger partial charge in [0.05, 0.1) is 6.04 Å². The molecule has 5 heavy (non-hydrogen) atoms. The maximum atomic E-state index is 3.72. The Kier molecular flexibility index (Phi) is 0.0930. The molecule has 2 aliphatic heterocycles. The van der Waals surface area contributed by atoms with Gasteiger partial charge in [0.1, 0.15) is 0 Å². The summed E-state index contributed by atoms with van der Waals surface area (Å²) in [7, 11) is 0. The first-order valence-electron chi connectivity index (χ1n) is 1.85. The first kappa shape index (κ1) is 1.85. The van der Waals surface area contributed by atoms with Gasteiger partial charge in [0.25, 0.3) is 0 Å². The van der Waals surface area contributed by atoms with Crippen LogP contribution in [0.15, 0.2) is 12.3 Å². The lowest BCUT2D eigenvalue weighted by atomic mass is 10.5. The maximum Gasteiger partial charge on any atom is 0.0857 e. The van der Waals surface area contributed by atoms with Gasteiger partial charge in [0.15, 0.2) is 0 Å². The SMILES string of the molecule is C=C1C2CN12. The second kappa shape index (κ2) is 0.251. The van der Waals surface area contributed by atoms with E-state index >= 15 is 0 Å². The van der Waals surface area contributed by atoms with Gasteiger partial charge in [-0.25, -0.2) is 0 Å². The van der Waals surface area contributed by atoms with Crippen molar-refractivity contribution in [1.29, 1.82) is 0 Å². The summed E-state index contributed by atoms with van der Waals surface area (Å²) in [5, 5.41) is 0. The molecule has 0 aromatic heterocycles. The van der Waals surface area contributed by atoms with Crippen LogP contribution in [-0.2, 0) is 0 Å². The lowest BCUT2D eigenvalue weighted by molar-refractivity contribution is 0.889. The van der Waals surface area contributed by atoms with Crippen molar-refractivity contribution in [2.45, 2.75) is 6.04 Å². The molecule has 0 saturated carbocycles. The molecular formula is C4H5N. The van der Waals surface area contributed by atoms with Crippen molar-refractivity contribution in [1.82, 2.24) is 4.90 Å². The summed E-state index contributed by atoms with van der Waals surface area (Å²) in [6.45, 7) is 5.03. The number of hydrogen-bond donors (Lipinski definition) is 0. The van der Waals surface area contributed by atoms with Gasteiger partial charge in [-0.2, -0.15) is 0 Å². The van der Waals surface area contributed by atoms with E-state index in [1.807, 2.05) is 0 Å². The van der Waals surface area contributed by atoms with Crippen LogP contribution in [-0.4, -0.2) is 17.5 Å². The lowest BCUT2D eigenvalue weighted by Crippen LogP contribution is -1.76. The number of hydrogen-bond acceptors (Lipinski definition) is 1. The number of fused-ring (bicyclic) bond motifs is 1.